The van der Waals surface area contributed by atoms with Crippen LogP contribution >= 0.6 is 23.2 Å². The molecule has 132 valence electrons. The van der Waals surface area contributed by atoms with Gasteiger partial charge in [-0.2, -0.15) is 0 Å². The summed E-state index contributed by atoms with van der Waals surface area (Å²) in [6.07, 6.45) is 1.45. The monoisotopic (exact) mass is 372 g/mol. The number of amides is 2. The predicted molar refractivity (Wildman–Crippen MR) is 94.8 cm³/mol. The zero-order valence-electron chi connectivity index (χ0n) is 14.0. The van der Waals surface area contributed by atoms with Gasteiger partial charge in [-0.05, 0) is 18.6 Å². The molecule has 24 heavy (non-hydrogen) atoms. The van der Waals surface area contributed by atoms with Gasteiger partial charge in [-0.25, -0.2) is 0 Å². The second kappa shape index (κ2) is 8.58. The average molecular weight is 373 g/mol. The fourth-order valence-electron chi connectivity index (χ4n) is 2.89. The van der Waals surface area contributed by atoms with Gasteiger partial charge in [0.1, 0.15) is 5.75 Å². The third-order valence-corrected chi connectivity index (χ3v) is 4.63. The van der Waals surface area contributed by atoms with E-state index in [-0.39, 0.29) is 18.2 Å². The van der Waals surface area contributed by atoms with Crippen molar-refractivity contribution in [3.05, 3.63) is 27.7 Å². The van der Waals surface area contributed by atoms with Gasteiger partial charge in [0.25, 0.3) is 0 Å². The molecule has 0 N–H and O–H groups in total. The molecule has 1 aliphatic rings. The van der Waals surface area contributed by atoms with Gasteiger partial charge in [0.05, 0.1) is 18.6 Å². The summed E-state index contributed by atoms with van der Waals surface area (Å²) in [5, 5.41) is 0.863. The molecule has 2 amide bonds. The molecule has 0 saturated carbocycles. The third-order valence-electron chi connectivity index (χ3n) is 4.13. The number of rotatable bonds is 4. The molecule has 1 fully saturated rings. The lowest BCUT2D eigenvalue weighted by Gasteiger charge is -2.22. The molecule has 0 atom stereocenters. The van der Waals surface area contributed by atoms with Crippen molar-refractivity contribution in [2.24, 2.45) is 0 Å². The topological polar surface area (TPSA) is 49.9 Å². The summed E-state index contributed by atoms with van der Waals surface area (Å²) in [4.78, 5) is 28.1. The summed E-state index contributed by atoms with van der Waals surface area (Å²) in [6, 6.07) is 3.30. The van der Waals surface area contributed by atoms with Crippen molar-refractivity contribution >= 4 is 35.0 Å². The van der Waals surface area contributed by atoms with Crippen molar-refractivity contribution in [1.29, 1.82) is 0 Å². The van der Waals surface area contributed by atoms with E-state index in [1.54, 1.807) is 17.0 Å². The zero-order valence-corrected chi connectivity index (χ0v) is 15.5. The number of halogens is 2. The smallest absolute Gasteiger partial charge is 0.227 e. The zero-order chi connectivity index (χ0) is 17.7. The van der Waals surface area contributed by atoms with Gasteiger partial charge >= 0.3 is 0 Å². The minimum Gasteiger partial charge on any atom is -0.495 e. The maximum absolute atomic E-state index is 12.6. The first-order valence-electron chi connectivity index (χ1n) is 8.03. The molecule has 0 spiro atoms. The SMILES string of the molecule is CCC(=O)N1CCCN(C(=O)Cc2cc(Cl)cc(Cl)c2OC)CC1. The van der Waals surface area contributed by atoms with Crippen molar-refractivity contribution in [3.8, 4) is 5.75 Å². The van der Waals surface area contributed by atoms with E-state index in [4.69, 9.17) is 27.9 Å². The van der Waals surface area contributed by atoms with Crippen LogP contribution in [0.25, 0.3) is 0 Å². The quantitative estimate of drug-likeness (QED) is 0.815. The Morgan fingerprint density at radius 1 is 1.08 bits per heavy atom. The van der Waals surface area contributed by atoms with Crippen LogP contribution in [0.3, 0.4) is 0 Å². The molecule has 2 rings (SSSR count). The maximum Gasteiger partial charge on any atom is 0.227 e. The predicted octanol–water partition coefficient (Wildman–Crippen LogP) is 3.02. The third kappa shape index (κ3) is 4.54. The summed E-state index contributed by atoms with van der Waals surface area (Å²) >= 11 is 12.2. The van der Waals surface area contributed by atoms with Crippen LogP contribution in [0.4, 0.5) is 0 Å². The van der Waals surface area contributed by atoms with Crippen LogP contribution < -0.4 is 4.74 Å². The summed E-state index contributed by atoms with van der Waals surface area (Å²) in [5.74, 6) is 0.594. The minimum atomic E-state index is -0.0163. The van der Waals surface area contributed by atoms with Gasteiger partial charge in [-0.15, -0.1) is 0 Å². The molecular formula is C17H22Cl2N2O3. The standard InChI is InChI=1S/C17H22Cl2N2O3/c1-3-15(22)20-5-4-6-21(8-7-20)16(23)10-12-9-13(18)11-14(19)17(12)24-2/h9,11H,3-8,10H2,1-2H3. The number of carbonyl (C=O) groups excluding carboxylic acids is 2. The van der Waals surface area contributed by atoms with E-state index in [0.717, 1.165) is 6.42 Å². The Labute approximate surface area is 152 Å². The molecule has 0 radical (unpaired) electrons. The normalized spacial score (nSPS) is 15.2. The molecule has 1 aliphatic heterocycles. The second-order valence-corrected chi connectivity index (χ2v) is 6.57. The first kappa shape index (κ1) is 18.9. The van der Waals surface area contributed by atoms with Gasteiger partial charge in [0.2, 0.25) is 11.8 Å². The minimum absolute atomic E-state index is 0.0163. The van der Waals surface area contributed by atoms with Gasteiger partial charge in [0, 0.05) is 43.2 Å². The van der Waals surface area contributed by atoms with Crippen molar-refractivity contribution in [3.63, 3.8) is 0 Å². The lowest BCUT2D eigenvalue weighted by Crippen LogP contribution is -2.37. The van der Waals surface area contributed by atoms with E-state index < -0.39 is 0 Å². The molecule has 0 bridgehead atoms. The van der Waals surface area contributed by atoms with Gasteiger partial charge in [-0.3, -0.25) is 9.59 Å². The Morgan fingerprint density at radius 3 is 2.29 bits per heavy atom. The first-order chi connectivity index (χ1) is 11.5. The fourth-order valence-corrected chi connectivity index (χ4v) is 3.50. The number of benzene rings is 1. The molecule has 0 unspecified atom stereocenters. The van der Waals surface area contributed by atoms with Crippen LogP contribution in [0.2, 0.25) is 10.0 Å². The van der Waals surface area contributed by atoms with Crippen molar-refractivity contribution in [2.75, 3.05) is 33.3 Å². The number of nitrogens with zero attached hydrogens (tertiary/aromatic N) is 2. The van der Waals surface area contributed by atoms with Gasteiger partial charge in [-0.1, -0.05) is 30.1 Å². The van der Waals surface area contributed by atoms with E-state index in [0.29, 0.717) is 54.0 Å². The Balaban J connectivity index is 2.06. The molecule has 0 aliphatic carbocycles. The van der Waals surface area contributed by atoms with Gasteiger partial charge in [0.15, 0.2) is 0 Å². The number of ether oxygens (including phenoxy) is 1. The summed E-state index contributed by atoms with van der Waals surface area (Å²) in [7, 11) is 1.52. The molecule has 1 aromatic carbocycles. The molecule has 5 nitrogen and oxygen atoms in total. The van der Waals surface area contributed by atoms with Crippen molar-refractivity contribution < 1.29 is 14.3 Å². The highest BCUT2D eigenvalue weighted by molar-refractivity contribution is 6.35. The van der Waals surface area contributed by atoms with Crippen LogP contribution in [0, 0.1) is 0 Å². The Kier molecular flexibility index (Phi) is 6.75. The Bertz CT molecular complexity index is 622. The molecule has 0 aromatic heterocycles. The Morgan fingerprint density at radius 2 is 1.71 bits per heavy atom. The molecular weight excluding hydrogens is 351 g/mol. The van der Waals surface area contributed by atoms with Crippen LogP contribution in [-0.4, -0.2) is 54.9 Å². The molecule has 1 saturated heterocycles. The van der Waals surface area contributed by atoms with Crippen LogP contribution in [-0.2, 0) is 16.0 Å². The summed E-state index contributed by atoms with van der Waals surface area (Å²) in [5.41, 5.74) is 0.672. The van der Waals surface area contributed by atoms with Crippen LogP contribution in [0.5, 0.6) is 5.75 Å². The molecule has 1 heterocycles. The second-order valence-electron chi connectivity index (χ2n) is 5.73. The maximum atomic E-state index is 12.6. The average Bonchev–Trinajstić information content (AvgIpc) is 2.80. The molecule has 7 heteroatoms. The highest BCUT2D eigenvalue weighted by Gasteiger charge is 2.22. The number of hydrogen-bond acceptors (Lipinski definition) is 3. The van der Waals surface area contributed by atoms with Crippen LogP contribution in [0.1, 0.15) is 25.3 Å². The number of hydrogen-bond donors (Lipinski definition) is 0. The van der Waals surface area contributed by atoms with E-state index in [2.05, 4.69) is 0 Å². The highest BCUT2D eigenvalue weighted by Crippen LogP contribution is 2.32. The fraction of sp³-hybridized carbons (Fsp3) is 0.529. The number of carbonyl (C=O) groups is 2. The number of methoxy groups -OCH3 is 1. The Hall–Kier alpha value is -1.46. The van der Waals surface area contributed by atoms with E-state index in [1.807, 2.05) is 11.8 Å². The van der Waals surface area contributed by atoms with Gasteiger partial charge < -0.3 is 14.5 Å². The summed E-state index contributed by atoms with van der Waals surface area (Å²) < 4.78 is 5.29. The van der Waals surface area contributed by atoms with Crippen LogP contribution in [0.15, 0.2) is 12.1 Å². The van der Waals surface area contributed by atoms with E-state index >= 15 is 0 Å². The van der Waals surface area contributed by atoms with E-state index in [1.165, 1.54) is 7.11 Å². The van der Waals surface area contributed by atoms with Crippen molar-refractivity contribution in [2.45, 2.75) is 26.2 Å². The summed E-state index contributed by atoms with van der Waals surface area (Å²) in [6.45, 7) is 4.31. The lowest BCUT2D eigenvalue weighted by molar-refractivity contribution is -0.133. The lowest BCUT2D eigenvalue weighted by atomic mass is 10.1. The molecule has 1 aromatic rings. The van der Waals surface area contributed by atoms with E-state index in [9.17, 15) is 9.59 Å². The largest absolute Gasteiger partial charge is 0.495 e. The first-order valence-corrected chi connectivity index (χ1v) is 8.79. The highest BCUT2D eigenvalue weighted by atomic mass is 35.5. The van der Waals surface area contributed by atoms with Crippen molar-refractivity contribution in [1.82, 2.24) is 9.80 Å².